The first-order valence-electron chi connectivity index (χ1n) is 11.4. The largest absolute Gasteiger partial charge is 0.354 e. The van der Waals surface area contributed by atoms with Gasteiger partial charge in [0.25, 0.3) is 0 Å². The third kappa shape index (κ3) is 5.10. The van der Waals surface area contributed by atoms with Crippen LogP contribution in [0.25, 0.3) is 22.2 Å². The van der Waals surface area contributed by atoms with Crippen LogP contribution >= 0.6 is 0 Å². The van der Waals surface area contributed by atoms with Gasteiger partial charge in [0.05, 0.1) is 29.3 Å². The maximum Gasteiger partial charge on any atom is 0.247 e. The molecule has 1 amide bonds. The lowest BCUT2D eigenvalue weighted by molar-refractivity contribution is -0.111. The number of nitrogens with one attached hydrogen (secondary N) is 2. The minimum absolute atomic E-state index is 0.270. The molecule has 0 bridgehead atoms. The van der Waals surface area contributed by atoms with Gasteiger partial charge < -0.3 is 20.4 Å². The average molecular weight is 467 g/mol. The fourth-order valence-corrected chi connectivity index (χ4v) is 4.01. The molecule has 1 aliphatic rings. The summed E-state index contributed by atoms with van der Waals surface area (Å²) in [5.74, 6) is 1.13. The molecular formula is C26H26N8O. The number of carbonyl (C=O) groups is 1. The van der Waals surface area contributed by atoms with Crippen molar-refractivity contribution in [3.63, 3.8) is 0 Å². The lowest BCUT2D eigenvalue weighted by atomic mass is 10.1. The first-order valence-corrected chi connectivity index (χ1v) is 11.4. The molecule has 1 aromatic carbocycles. The normalized spacial score (nSPS) is 14.0. The minimum Gasteiger partial charge on any atom is -0.354 e. The third-order valence-corrected chi connectivity index (χ3v) is 5.92. The van der Waals surface area contributed by atoms with E-state index in [9.17, 15) is 4.79 Å². The molecule has 1 saturated heterocycles. The highest BCUT2D eigenvalue weighted by atomic mass is 16.1. The molecule has 9 nitrogen and oxygen atoms in total. The highest BCUT2D eigenvalue weighted by molar-refractivity contribution is 6.00. The summed E-state index contributed by atoms with van der Waals surface area (Å²) in [6.45, 7) is 7.50. The van der Waals surface area contributed by atoms with E-state index in [1.807, 2.05) is 42.5 Å². The van der Waals surface area contributed by atoms with E-state index in [1.54, 1.807) is 18.6 Å². The van der Waals surface area contributed by atoms with Crippen LogP contribution < -0.4 is 15.5 Å². The first kappa shape index (κ1) is 22.4. The number of piperazine rings is 1. The van der Waals surface area contributed by atoms with E-state index in [4.69, 9.17) is 4.98 Å². The molecule has 9 heteroatoms. The number of carbonyl (C=O) groups excluding carboxylic acids is 1. The maximum absolute atomic E-state index is 11.8. The number of benzene rings is 1. The van der Waals surface area contributed by atoms with Gasteiger partial charge in [0.2, 0.25) is 11.9 Å². The smallest absolute Gasteiger partial charge is 0.247 e. The van der Waals surface area contributed by atoms with Crippen molar-refractivity contribution >= 4 is 40.0 Å². The average Bonchev–Trinajstić information content (AvgIpc) is 2.89. The number of hydrogen-bond donors (Lipinski definition) is 2. The van der Waals surface area contributed by atoms with Crippen LogP contribution in [0.1, 0.15) is 0 Å². The Bertz CT molecular complexity index is 1360. The summed E-state index contributed by atoms with van der Waals surface area (Å²) in [6.07, 6.45) is 6.47. The molecule has 1 fully saturated rings. The van der Waals surface area contributed by atoms with E-state index in [0.717, 1.165) is 54.3 Å². The van der Waals surface area contributed by atoms with Crippen LogP contribution in [0.2, 0.25) is 0 Å². The molecule has 1 aliphatic heterocycles. The predicted octanol–water partition coefficient (Wildman–Crippen LogP) is 3.71. The van der Waals surface area contributed by atoms with Crippen molar-refractivity contribution < 1.29 is 4.79 Å². The van der Waals surface area contributed by atoms with Gasteiger partial charge in [-0.1, -0.05) is 18.7 Å². The monoisotopic (exact) mass is 466 g/mol. The summed E-state index contributed by atoms with van der Waals surface area (Å²) in [5, 5.41) is 6.94. The SMILES string of the molecule is C=CC(=O)Nc1cccc(-c2nc(Nc3ccc(N4CCN(C)CC4)nc3)nc3cnccc23)c1. The van der Waals surface area contributed by atoms with E-state index in [2.05, 4.69) is 49.0 Å². The maximum atomic E-state index is 11.8. The zero-order chi connectivity index (χ0) is 24.2. The standard InChI is InChI=1S/C26H26N8O/c1-3-24(35)29-19-6-4-5-18(15-19)25-21-9-10-27-17-22(21)31-26(32-25)30-20-7-8-23(28-16-20)34-13-11-33(2)12-14-34/h3-10,15-17H,1,11-14H2,2H3,(H,29,35)(H,30,31,32). The van der Waals surface area contributed by atoms with Crippen molar-refractivity contribution in [2.75, 3.05) is 48.8 Å². The molecule has 0 atom stereocenters. The third-order valence-electron chi connectivity index (χ3n) is 5.92. The second-order valence-corrected chi connectivity index (χ2v) is 8.38. The first-order chi connectivity index (χ1) is 17.1. The molecule has 0 unspecified atom stereocenters. The molecule has 176 valence electrons. The van der Waals surface area contributed by atoms with E-state index in [1.165, 1.54) is 6.08 Å². The molecule has 0 aliphatic carbocycles. The van der Waals surface area contributed by atoms with Gasteiger partial charge in [-0.25, -0.2) is 15.0 Å². The van der Waals surface area contributed by atoms with Crippen molar-refractivity contribution in [1.82, 2.24) is 24.8 Å². The van der Waals surface area contributed by atoms with Crippen LogP contribution in [0.15, 0.2) is 73.7 Å². The highest BCUT2D eigenvalue weighted by Gasteiger charge is 2.16. The number of rotatable bonds is 6. The Morgan fingerprint density at radius 1 is 1.03 bits per heavy atom. The molecule has 35 heavy (non-hydrogen) atoms. The summed E-state index contributed by atoms with van der Waals surface area (Å²) in [6, 6.07) is 13.4. The number of anilines is 4. The Labute approximate surface area is 203 Å². The summed E-state index contributed by atoms with van der Waals surface area (Å²) >= 11 is 0. The summed E-state index contributed by atoms with van der Waals surface area (Å²) < 4.78 is 0. The molecule has 0 saturated carbocycles. The van der Waals surface area contributed by atoms with Crippen molar-refractivity contribution in [2.45, 2.75) is 0 Å². The number of aromatic nitrogens is 4. The van der Waals surface area contributed by atoms with Gasteiger partial charge in [0, 0.05) is 49.0 Å². The molecule has 3 aromatic heterocycles. The van der Waals surface area contributed by atoms with Gasteiger partial charge >= 0.3 is 0 Å². The fourth-order valence-electron chi connectivity index (χ4n) is 4.01. The molecule has 2 N–H and O–H groups in total. The van der Waals surface area contributed by atoms with E-state index < -0.39 is 0 Å². The number of nitrogens with zero attached hydrogens (tertiary/aromatic N) is 6. The van der Waals surface area contributed by atoms with Gasteiger partial charge in [-0.3, -0.25) is 9.78 Å². The molecule has 0 spiro atoms. The zero-order valence-electron chi connectivity index (χ0n) is 19.5. The Morgan fingerprint density at radius 3 is 2.66 bits per heavy atom. The Hall–Kier alpha value is -4.37. The second kappa shape index (κ2) is 9.86. The van der Waals surface area contributed by atoms with Crippen molar-refractivity contribution in [3.05, 3.63) is 73.7 Å². The highest BCUT2D eigenvalue weighted by Crippen LogP contribution is 2.29. The summed E-state index contributed by atoms with van der Waals surface area (Å²) in [4.78, 5) is 34.7. The number of pyridine rings is 2. The van der Waals surface area contributed by atoms with Crippen molar-refractivity contribution in [3.8, 4) is 11.3 Å². The number of likely N-dealkylation sites (N-methyl/N-ethyl adjacent to an activating group) is 1. The van der Waals surface area contributed by atoms with E-state index in [-0.39, 0.29) is 5.91 Å². The van der Waals surface area contributed by atoms with Gasteiger partial charge in [0.1, 0.15) is 5.82 Å². The quantitative estimate of drug-likeness (QED) is 0.415. The van der Waals surface area contributed by atoms with Crippen LogP contribution in [-0.4, -0.2) is 64.0 Å². The summed E-state index contributed by atoms with van der Waals surface area (Å²) in [5.41, 5.74) is 3.74. The lowest BCUT2D eigenvalue weighted by Crippen LogP contribution is -2.44. The van der Waals surface area contributed by atoms with Crippen LogP contribution in [0.4, 0.5) is 23.1 Å². The Morgan fingerprint density at radius 2 is 1.89 bits per heavy atom. The minimum atomic E-state index is -0.270. The Balaban J connectivity index is 1.44. The second-order valence-electron chi connectivity index (χ2n) is 8.38. The predicted molar refractivity (Wildman–Crippen MR) is 139 cm³/mol. The van der Waals surface area contributed by atoms with E-state index >= 15 is 0 Å². The number of fused-ring (bicyclic) bond motifs is 1. The Kier molecular flexibility index (Phi) is 6.32. The molecule has 4 aromatic rings. The van der Waals surface area contributed by atoms with Gasteiger partial charge in [-0.15, -0.1) is 0 Å². The van der Waals surface area contributed by atoms with Gasteiger partial charge in [0.15, 0.2) is 0 Å². The van der Waals surface area contributed by atoms with Crippen molar-refractivity contribution in [2.24, 2.45) is 0 Å². The topological polar surface area (TPSA) is 99.2 Å². The van der Waals surface area contributed by atoms with Crippen LogP contribution in [0, 0.1) is 0 Å². The van der Waals surface area contributed by atoms with Crippen LogP contribution in [0.3, 0.4) is 0 Å². The summed E-state index contributed by atoms with van der Waals surface area (Å²) in [7, 11) is 2.14. The molecule has 0 radical (unpaired) electrons. The molecule has 5 rings (SSSR count). The van der Waals surface area contributed by atoms with Gasteiger partial charge in [-0.05, 0) is 43.5 Å². The van der Waals surface area contributed by atoms with Crippen LogP contribution in [-0.2, 0) is 4.79 Å². The van der Waals surface area contributed by atoms with Crippen LogP contribution in [0.5, 0.6) is 0 Å². The number of amides is 1. The van der Waals surface area contributed by atoms with Crippen molar-refractivity contribution in [1.29, 1.82) is 0 Å². The lowest BCUT2D eigenvalue weighted by Gasteiger charge is -2.33. The zero-order valence-corrected chi connectivity index (χ0v) is 19.5. The number of hydrogen-bond acceptors (Lipinski definition) is 8. The van der Waals surface area contributed by atoms with Gasteiger partial charge in [-0.2, -0.15) is 0 Å². The van der Waals surface area contributed by atoms with E-state index in [0.29, 0.717) is 17.2 Å². The molecule has 4 heterocycles. The molecular weight excluding hydrogens is 440 g/mol. The fraction of sp³-hybridized carbons (Fsp3) is 0.192.